The molecular weight excluding hydrogens is 298 g/mol. The molecule has 1 atom stereocenters. The zero-order valence-corrected chi connectivity index (χ0v) is 13.6. The van der Waals surface area contributed by atoms with Gasteiger partial charge in [-0.25, -0.2) is 4.98 Å². The van der Waals surface area contributed by atoms with E-state index in [0.717, 1.165) is 44.5 Å². The third kappa shape index (κ3) is 2.93. The highest BCUT2D eigenvalue weighted by molar-refractivity contribution is 7.11. The van der Waals surface area contributed by atoms with Crippen LogP contribution >= 0.6 is 11.3 Å². The summed E-state index contributed by atoms with van der Waals surface area (Å²) in [5.41, 5.74) is 0. The maximum atomic E-state index is 5.91. The molecule has 6 nitrogen and oxygen atoms in total. The number of morpholine rings is 1. The second kappa shape index (κ2) is 6.06. The molecule has 118 valence electrons. The second-order valence-corrected chi connectivity index (χ2v) is 7.16. The molecule has 22 heavy (non-hydrogen) atoms. The molecule has 1 aliphatic heterocycles. The van der Waals surface area contributed by atoms with Gasteiger partial charge in [0, 0.05) is 43.2 Å². The minimum atomic E-state index is 0.0204. The number of rotatable bonds is 5. The van der Waals surface area contributed by atoms with Gasteiger partial charge in [0.25, 0.3) is 0 Å². The SMILES string of the molecule is CCn1cnnc1[C@@H]1CN(Cc2cnc(C3CC3)s2)CCO1. The Bertz CT molecular complexity index is 635. The summed E-state index contributed by atoms with van der Waals surface area (Å²) in [5.74, 6) is 1.69. The lowest BCUT2D eigenvalue weighted by Crippen LogP contribution is -2.38. The van der Waals surface area contributed by atoms with E-state index in [1.807, 2.05) is 11.3 Å². The molecule has 1 saturated heterocycles. The first-order valence-electron chi connectivity index (χ1n) is 7.99. The summed E-state index contributed by atoms with van der Waals surface area (Å²) in [4.78, 5) is 8.37. The minimum absolute atomic E-state index is 0.0204. The number of thiazole rings is 1. The third-order valence-corrected chi connectivity index (χ3v) is 5.45. The molecule has 2 aliphatic rings. The molecule has 2 aromatic rings. The van der Waals surface area contributed by atoms with Crippen molar-refractivity contribution in [3.8, 4) is 0 Å². The average molecular weight is 319 g/mol. The van der Waals surface area contributed by atoms with Crippen LogP contribution in [-0.4, -0.2) is 44.3 Å². The van der Waals surface area contributed by atoms with Gasteiger partial charge in [0.2, 0.25) is 0 Å². The number of aromatic nitrogens is 4. The largest absolute Gasteiger partial charge is 0.368 e. The van der Waals surface area contributed by atoms with Crippen LogP contribution in [0.2, 0.25) is 0 Å². The summed E-state index contributed by atoms with van der Waals surface area (Å²) in [7, 11) is 0. The molecule has 0 bridgehead atoms. The lowest BCUT2D eigenvalue weighted by atomic mass is 10.2. The normalized spacial score (nSPS) is 23.0. The van der Waals surface area contributed by atoms with Gasteiger partial charge in [-0.1, -0.05) is 0 Å². The van der Waals surface area contributed by atoms with Gasteiger partial charge >= 0.3 is 0 Å². The molecule has 0 unspecified atom stereocenters. The number of nitrogens with zero attached hydrogens (tertiary/aromatic N) is 5. The second-order valence-electron chi connectivity index (χ2n) is 6.01. The van der Waals surface area contributed by atoms with E-state index in [1.165, 1.54) is 22.7 Å². The molecular formula is C15H21N5OS. The van der Waals surface area contributed by atoms with Gasteiger partial charge in [-0.15, -0.1) is 21.5 Å². The van der Waals surface area contributed by atoms with Crippen LogP contribution in [0, 0.1) is 0 Å². The van der Waals surface area contributed by atoms with E-state index in [1.54, 1.807) is 6.33 Å². The van der Waals surface area contributed by atoms with E-state index < -0.39 is 0 Å². The van der Waals surface area contributed by atoms with Crippen molar-refractivity contribution in [2.45, 2.75) is 44.9 Å². The molecule has 7 heteroatoms. The van der Waals surface area contributed by atoms with Crippen LogP contribution in [0.25, 0.3) is 0 Å². The van der Waals surface area contributed by atoms with Crippen LogP contribution in [0.15, 0.2) is 12.5 Å². The highest BCUT2D eigenvalue weighted by Crippen LogP contribution is 2.42. The lowest BCUT2D eigenvalue weighted by molar-refractivity contribution is -0.0386. The van der Waals surface area contributed by atoms with E-state index in [-0.39, 0.29) is 6.10 Å². The molecule has 4 rings (SSSR count). The van der Waals surface area contributed by atoms with E-state index >= 15 is 0 Å². The molecule has 0 N–H and O–H groups in total. The highest BCUT2D eigenvalue weighted by atomic mass is 32.1. The fourth-order valence-corrected chi connectivity index (χ4v) is 4.02. The number of ether oxygens (including phenoxy) is 1. The van der Waals surface area contributed by atoms with E-state index in [0.29, 0.717) is 0 Å². The van der Waals surface area contributed by atoms with Gasteiger partial charge in [-0.2, -0.15) is 0 Å². The first kappa shape index (κ1) is 14.3. The highest BCUT2D eigenvalue weighted by Gasteiger charge is 2.28. The van der Waals surface area contributed by atoms with Gasteiger partial charge in [-0.05, 0) is 19.8 Å². The molecule has 0 amide bonds. The van der Waals surface area contributed by atoms with Gasteiger partial charge < -0.3 is 9.30 Å². The number of hydrogen-bond acceptors (Lipinski definition) is 6. The number of hydrogen-bond donors (Lipinski definition) is 0. The molecule has 1 saturated carbocycles. The molecule has 3 heterocycles. The van der Waals surface area contributed by atoms with Crippen molar-refractivity contribution < 1.29 is 4.74 Å². The van der Waals surface area contributed by atoms with Crippen molar-refractivity contribution in [3.63, 3.8) is 0 Å². The van der Waals surface area contributed by atoms with Crippen molar-refractivity contribution in [2.24, 2.45) is 0 Å². The summed E-state index contributed by atoms with van der Waals surface area (Å²) >= 11 is 1.88. The van der Waals surface area contributed by atoms with Gasteiger partial charge in [0.05, 0.1) is 11.6 Å². The Balaban J connectivity index is 1.41. The summed E-state index contributed by atoms with van der Waals surface area (Å²) in [6.45, 7) is 6.52. The summed E-state index contributed by atoms with van der Waals surface area (Å²) in [6, 6.07) is 0. The maximum Gasteiger partial charge on any atom is 0.163 e. The van der Waals surface area contributed by atoms with Crippen LogP contribution in [0.5, 0.6) is 0 Å². The Hall–Kier alpha value is -1.31. The van der Waals surface area contributed by atoms with Gasteiger partial charge in [0.1, 0.15) is 12.4 Å². The van der Waals surface area contributed by atoms with Crippen molar-refractivity contribution in [1.29, 1.82) is 0 Å². The van der Waals surface area contributed by atoms with Gasteiger partial charge in [0.15, 0.2) is 5.82 Å². The smallest absolute Gasteiger partial charge is 0.163 e. The van der Waals surface area contributed by atoms with E-state index in [2.05, 4.69) is 37.8 Å². The topological polar surface area (TPSA) is 56.1 Å². The van der Waals surface area contributed by atoms with Crippen LogP contribution in [0.3, 0.4) is 0 Å². The molecule has 1 aliphatic carbocycles. The maximum absolute atomic E-state index is 5.91. The van der Waals surface area contributed by atoms with E-state index in [9.17, 15) is 0 Å². The molecule has 2 fully saturated rings. The third-order valence-electron chi connectivity index (χ3n) is 4.30. The Morgan fingerprint density at radius 3 is 3.14 bits per heavy atom. The zero-order chi connectivity index (χ0) is 14.9. The molecule has 0 radical (unpaired) electrons. The first-order valence-corrected chi connectivity index (χ1v) is 8.81. The average Bonchev–Trinajstić information content (AvgIpc) is 3.10. The lowest BCUT2D eigenvalue weighted by Gasteiger charge is -2.32. The predicted molar refractivity (Wildman–Crippen MR) is 83.8 cm³/mol. The van der Waals surface area contributed by atoms with E-state index in [4.69, 9.17) is 4.74 Å². The zero-order valence-electron chi connectivity index (χ0n) is 12.8. The van der Waals surface area contributed by atoms with Crippen molar-refractivity contribution in [1.82, 2.24) is 24.6 Å². The minimum Gasteiger partial charge on any atom is -0.368 e. The van der Waals surface area contributed by atoms with Crippen LogP contribution in [0.1, 0.15) is 47.5 Å². The Morgan fingerprint density at radius 1 is 1.41 bits per heavy atom. The van der Waals surface area contributed by atoms with Crippen LogP contribution < -0.4 is 0 Å². The Labute approximate surface area is 134 Å². The summed E-state index contributed by atoms with van der Waals surface area (Å²) in [6.07, 6.45) is 6.49. The first-order chi connectivity index (χ1) is 10.8. The fourth-order valence-electron chi connectivity index (χ4n) is 2.89. The summed E-state index contributed by atoms with van der Waals surface area (Å²) in [5, 5.41) is 9.58. The monoisotopic (exact) mass is 319 g/mol. The molecule has 0 spiro atoms. The Morgan fingerprint density at radius 2 is 2.32 bits per heavy atom. The predicted octanol–water partition coefficient (Wildman–Crippen LogP) is 2.21. The molecule has 0 aromatic carbocycles. The molecule has 2 aromatic heterocycles. The Kier molecular flexibility index (Phi) is 3.94. The quantitative estimate of drug-likeness (QED) is 0.846. The van der Waals surface area contributed by atoms with Crippen molar-refractivity contribution >= 4 is 11.3 Å². The number of aryl methyl sites for hydroxylation is 1. The van der Waals surface area contributed by atoms with Crippen molar-refractivity contribution in [3.05, 3.63) is 28.2 Å². The van der Waals surface area contributed by atoms with Crippen molar-refractivity contribution in [2.75, 3.05) is 19.7 Å². The fraction of sp³-hybridized carbons (Fsp3) is 0.667. The standard InChI is InChI=1S/C15H21N5OS/c1-2-20-10-17-18-14(20)13-9-19(5-6-21-13)8-12-7-16-15(22-12)11-3-4-11/h7,10-11,13H,2-6,8-9H2,1H3/t13-/m0/s1. The van der Waals surface area contributed by atoms with Gasteiger partial charge in [-0.3, -0.25) is 4.90 Å². The van der Waals surface area contributed by atoms with Crippen LogP contribution in [0.4, 0.5) is 0 Å². The summed E-state index contributed by atoms with van der Waals surface area (Å²) < 4.78 is 7.97. The van der Waals surface area contributed by atoms with Crippen LogP contribution in [-0.2, 0) is 17.8 Å².